The molecule has 0 radical (unpaired) electrons. The number of ether oxygens (including phenoxy) is 2. The molecule has 0 spiro atoms. The molecule has 70 heavy (non-hydrogen) atoms. The molecule has 3 aromatic heterocycles. The molecule has 10 aromatic rings. The number of hydrogen-bond donors (Lipinski definition) is 0. The quantitative estimate of drug-likeness (QED) is 0.108. The Bertz CT molecular complexity index is 3240. The first-order valence-electron chi connectivity index (χ1n) is 22.9. The van der Waals surface area contributed by atoms with E-state index in [4.69, 9.17) is 24.4 Å². The van der Waals surface area contributed by atoms with Gasteiger partial charge in [-0.25, -0.2) is 4.39 Å². The van der Waals surface area contributed by atoms with Gasteiger partial charge in [0.05, 0.1) is 0 Å². The van der Waals surface area contributed by atoms with Crippen LogP contribution in [0.15, 0.2) is 213 Å². The summed E-state index contributed by atoms with van der Waals surface area (Å²) in [6.07, 6.45) is 5.56. The number of pyridine rings is 3. The predicted octanol–water partition coefficient (Wildman–Crippen LogP) is 15.7. The van der Waals surface area contributed by atoms with E-state index in [1.54, 1.807) is 6.07 Å². The summed E-state index contributed by atoms with van der Waals surface area (Å²) in [5.74, 6) is 0.665. The molecule has 0 saturated carbocycles. The van der Waals surface area contributed by atoms with Gasteiger partial charge in [0.25, 0.3) is 0 Å². The van der Waals surface area contributed by atoms with Gasteiger partial charge in [0.15, 0.2) is 0 Å². The van der Waals surface area contributed by atoms with Gasteiger partial charge in [-0.15, -0.1) is 108 Å². The van der Waals surface area contributed by atoms with Gasteiger partial charge in [-0.3, -0.25) is 0 Å². The summed E-state index contributed by atoms with van der Waals surface area (Å²) in [6, 6.07) is 72.9. The minimum absolute atomic E-state index is 0. The van der Waals surface area contributed by atoms with E-state index >= 15 is 4.39 Å². The molecular weight excluding hydrogens is 1040 g/mol. The number of aromatic nitrogens is 3. The fraction of sp³-hybridized carbons (Fsp3) is 0.0952. The zero-order valence-corrected chi connectivity index (χ0v) is 41.5. The summed E-state index contributed by atoms with van der Waals surface area (Å²) in [6.45, 7) is 8.03. The van der Waals surface area contributed by atoms with Crippen LogP contribution in [0.4, 0.5) is 4.39 Å². The minimum Gasteiger partial charge on any atom is -0.483 e. The zero-order chi connectivity index (χ0) is 47.4. The maximum Gasteiger partial charge on any atom is 3.00 e. The Kier molecular flexibility index (Phi) is 13.8. The van der Waals surface area contributed by atoms with E-state index in [2.05, 4.69) is 60.7 Å². The van der Waals surface area contributed by atoms with Crippen LogP contribution in [0.3, 0.4) is 0 Å². The standard InChI is InChI=1S/C63H47FN3O2.Ir/c1-62(2,50-29-33-59(65-40-50)46-19-11-6-12-20-46)68-53-35-49(36-54(38-53)69-63(3,4)51-30-34-60(66-41-51)47-21-13-7-14-22-47)56-37-52(64)31-32-55(56)58-42-67-61(48-23-15-8-16-24-48)39-57(58)45-27-25-44(26-28-45)43-17-9-5-10-18-43;/h5-19,21,23,25-42H,1-4H3;/q-3;+3. The molecule has 0 aliphatic heterocycles. The van der Waals surface area contributed by atoms with Crippen LogP contribution < -0.4 is 9.47 Å². The summed E-state index contributed by atoms with van der Waals surface area (Å²) < 4.78 is 29.8. The first kappa shape index (κ1) is 47.2. The normalized spacial score (nSPS) is 11.4. The van der Waals surface area contributed by atoms with Gasteiger partial charge in [0.2, 0.25) is 0 Å². The summed E-state index contributed by atoms with van der Waals surface area (Å²) in [5.41, 5.74) is 12.2. The van der Waals surface area contributed by atoms with E-state index in [1.807, 2.05) is 186 Å². The van der Waals surface area contributed by atoms with Crippen molar-refractivity contribution in [2.75, 3.05) is 0 Å². The third-order valence-corrected chi connectivity index (χ3v) is 12.3. The van der Waals surface area contributed by atoms with Crippen molar-refractivity contribution in [1.82, 2.24) is 15.0 Å². The Balaban J connectivity index is 0.00000608. The van der Waals surface area contributed by atoms with Gasteiger partial charge in [-0.2, -0.15) is 0 Å². The van der Waals surface area contributed by atoms with Gasteiger partial charge in [-0.05, 0) is 108 Å². The number of hydrogen-bond acceptors (Lipinski definition) is 5. The molecule has 0 amide bonds. The third-order valence-electron chi connectivity index (χ3n) is 12.3. The Morgan fingerprint density at radius 2 is 0.857 bits per heavy atom. The largest absolute Gasteiger partial charge is 3.00 e. The van der Waals surface area contributed by atoms with Crippen LogP contribution >= 0.6 is 0 Å². The molecule has 0 fully saturated rings. The average molecular weight is 1090 g/mol. The molecule has 7 aromatic carbocycles. The van der Waals surface area contributed by atoms with Crippen molar-refractivity contribution in [1.29, 1.82) is 0 Å². The molecule has 0 bridgehead atoms. The van der Waals surface area contributed by atoms with Gasteiger partial charge >= 0.3 is 20.1 Å². The van der Waals surface area contributed by atoms with Crippen LogP contribution in [0.2, 0.25) is 0 Å². The molecule has 0 aliphatic carbocycles. The van der Waals surface area contributed by atoms with Crippen LogP contribution in [-0.4, -0.2) is 15.0 Å². The minimum atomic E-state index is -0.844. The number of halogens is 1. The van der Waals surface area contributed by atoms with Crippen LogP contribution in [0.25, 0.3) is 78.3 Å². The number of benzene rings is 7. The second-order valence-electron chi connectivity index (χ2n) is 17.9. The van der Waals surface area contributed by atoms with Crippen molar-refractivity contribution in [3.05, 3.63) is 248 Å². The fourth-order valence-corrected chi connectivity index (χ4v) is 8.55. The van der Waals surface area contributed by atoms with Crippen molar-refractivity contribution in [3.63, 3.8) is 0 Å². The molecule has 342 valence electrons. The Labute approximate surface area is 423 Å². The molecule has 0 N–H and O–H groups in total. The summed E-state index contributed by atoms with van der Waals surface area (Å²) in [4.78, 5) is 14.6. The maximum atomic E-state index is 15.9. The topological polar surface area (TPSA) is 57.1 Å². The Morgan fingerprint density at radius 1 is 0.386 bits per heavy atom. The maximum absolute atomic E-state index is 15.9. The monoisotopic (exact) mass is 1090 g/mol. The van der Waals surface area contributed by atoms with E-state index in [0.29, 0.717) is 22.6 Å². The smallest absolute Gasteiger partial charge is 0.483 e. The molecule has 3 heterocycles. The van der Waals surface area contributed by atoms with Crippen molar-refractivity contribution in [2.24, 2.45) is 0 Å². The summed E-state index contributed by atoms with van der Waals surface area (Å²) in [7, 11) is 0. The van der Waals surface area contributed by atoms with Crippen molar-refractivity contribution in [2.45, 2.75) is 38.9 Å². The number of rotatable bonds is 13. The van der Waals surface area contributed by atoms with Gasteiger partial charge in [0.1, 0.15) is 28.5 Å². The summed E-state index contributed by atoms with van der Waals surface area (Å²) in [5, 5.41) is 0. The van der Waals surface area contributed by atoms with Gasteiger partial charge in [-0.1, -0.05) is 91.0 Å². The molecule has 0 aliphatic rings. The van der Waals surface area contributed by atoms with Crippen LogP contribution in [0.1, 0.15) is 38.8 Å². The molecule has 0 saturated heterocycles. The Hall–Kier alpha value is -7.83. The van der Waals surface area contributed by atoms with Crippen molar-refractivity contribution < 1.29 is 34.0 Å². The van der Waals surface area contributed by atoms with E-state index < -0.39 is 11.2 Å². The molecule has 0 atom stereocenters. The van der Waals surface area contributed by atoms with Crippen LogP contribution in [0, 0.1) is 24.0 Å². The van der Waals surface area contributed by atoms with Crippen LogP contribution in [-0.2, 0) is 31.3 Å². The summed E-state index contributed by atoms with van der Waals surface area (Å²) >= 11 is 0. The average Bonchev–Trinajstić information content (AvgIpc) is 3.39. The fourth-order valence-electron chi connectivity index (χ4n) is 8.55. The van der Waals surface area contributed by atoms with Crippen molar-refractivity contribution >= 4 is 0 Å². The zero-order valence-electron chi connectivity index (χ0n) is 39.1. The molecule has 10 rings (SSSR count). The second kappa shape index (κ2) is 20.4. The molecule has 0 unspecified atom stereocenters. The molecule has 7 heteroatoms. The SMILES string of the molecule is CC(C)(Oc1cc(OC(C)(C)c2ccc(-c3[c-]cccc3)nc2)cc(-c2cc(F)ccc2-c2cnc(-c3[c-]cccc3)cc2-c2ccc(-c3ccccc3)cc2)c1)c1ccc(-c2[c-]cccc2)nc1.[Ir+3]. The Morgan fingerprint density at radius 3 is 1.36 bits per heavy atom. The van der Waals surface area contributed by atoms with E-state index in [9.17, 15) is 0 Å². The number of nitrogens with zero attached hydrogens (tertiary/aromatic N) is 3. The van der Waals surface area contributed by atoms with Crippen molar-refractivity contribution in [3.8, 4) is 89.8 Å². The van der Waals surface area contributed by atoms with Gasteiger partial charge in [0, 0.05) is 41.3 Å². The molecule has 5 nitrogen and oxygen atoms in total. The predicted molar refractivity (Wildman–Crippen MR) is 275 cm³/mol. The van der Waals surface area contributed by atoms with Gasteiger partial charge < -0.3 is 24.4 Å². The van der Waals surface area contributed by atoms with E-state index in [1.165, 1.54) is 6.07 Å². The first-order chi connectivity index (χ1) is 33.6. The second-order valence-corrected chi connectivity index (χ2v) is 17.9. The molecular formula is C63H47FIrN3O2. The third kappa shape index (κ3) is 10.4. The van der Waals surface area contributed by atoms with E-state index in [0.717, 1.165) is 78.3 Å². The van der Waals surface area contributed by atoms with E-state index in [-0.39, 0.29) is 25.9 Å². The van der Waals surface area contributed by atoms with Crippen LogP contribution in [0.5, 0.6) is 11.5 Å². The first-order valence-corrected chi connectivity index (χ1v) is 22.9.